The van der Waals surface area contributed by atoms with Gasteiger partial charge in [-0.3, -0.25) is 14.5 Å². The molecule has 2 amide bonds. The molecule has 0 aromatic carbocycles. The monoisotopic (exact) mass is 173 g/mol. The molecule has 0 radical (unpaired) electrons. The fourth-order valence-corrected chi connectivity index (χ4v) is 1.13. The topological polar surface area (TPSA) is 57.6 Å². The summed E-state index contributed by atoms with van der Waals surface area (Å²) < 4.78 is 0. The number of carbonyl (C=O) groups excluding carboxylic acids is 2. The fourth-order valence-electron chi connectivity index (χ4n) is 0.898. The smallest absolute Gasteiger partial charge is 0.267 e. The van der Waals surface area contributed by atoms with E-state index in [1.807, 2.05) is 0 Å². The summed E-state index contributed by atoms with van der Waals surface area (Å²) in [4.78, 5) is 23.0. The number of aliphatic hydroxyl groups is 1. The highest BCUT2D eigenvalue weighted by molar-refractivity contribution is 7.82. The first kappa shape index (κ1) is 8.29. The van der Waals surface area contributed by atoms with Gasteiger partial charge in [-0.25, -0.2) is 0 Å². The lowest BCUT2D eigenvalue weighted by atomic mass is 10.4. The Hall–Kier alpha value is -0.810. The maximum Gasteiger partial charge on any atom is 0.267 e. The van der Waals surface area contributed by atoms with Crippen LogP contribution < -0.4 is 0 Å². The van der Waals surface area contributed by atoms with Gasteiger partial charge in [-0.2, -0.15) is 0 Å². The van der Waals surface area contributed by atoms with E-state index in [4.69, 9.17) is 5.11 Å². The van der Waals surface area contributed by atoms with Crippen LogP contribution in [0.15, 0.2) is 0 Å². The Morgan fingerprint density at radius 3 is 2.55 bits per heavy atom. The standard InChI is InChI=1S/C6H7NO3S/c8-2-1-7-5(9)3-4(11)6(7)10/h8H,1-3H2. The third kappa shape index (κ3) is 1.44. The molecule has 1 rings (SSSR count). The van der Waals surface area contributed by atoms with Crippen molar-refractivity contribution in [1.82, 2.24) is 4.90 Å². The Balaban J connectivity index is 2.71. The number of rotatable bonds is 2. The Bertz CT molecular complexity index is 226. The molecule has 0 bridgehead atoms. The Morgan fingerprint density at radius 2 is 2.18 bits per heavy atom. The molecule has 0 unspecified atom stereocenters. The predicted molar refractivity (Wildman–Crippen MR) is 41.0 cm³/mol. The highest BCUT2D eigenvalue weighted by Gasteiger charge is 2.32. The van der Waals surface area contributed by atoms with E-state index in [0.717, 1.165) is 4.90 Å². The molecule has 0 spiro atoms. The maximum atomic E-state index is 11.0. The van der Waals surface area contributed by atoms with Crippen molar-refractivity contribution in [3.63, 3.8) is 0 Å². The van der Waals surface area contributed by atoms with Gasteiger partial charge in [0.05, 0.1) is 24.4 Å². The van der Waals surface area contributed by atoms with Crippen molar-refractivity contribution in [2.75, 3.05) is 13.2 Å². The molecule has 1 N–H and O–H groups in total. The van der Waals surface area contributed by atoms with Gasteiger partial charge in [-0.05, 0) is 0 Å². The molecule has 11 heavy (non-hydrogen) atoms. The number of aliphatic hydroxyl groups excluding tert-OH is 1. The summed E-state index contributed by atoms with van der Waals surface area (Å²) >= 11 is 4.62. The first-order chi connectivity index (χ1) is 5.16. The summed E-state index contributed by atoms with van der Waals surface area (Å²) in [6.45, 7) is -0.155. The summed E-state index contributed by atoms with van der Waals surface area (Å²) in [5.41, 5.74) is 0. The van der Waals surface area contributed by atoms with Crippen molar-refractivity contribution in [2.24, 2.45) is 0 Å². The zero-order valence-corrected chi connectivity index (χ0v) is 6.56. The molecular weight excluding hydrogens is 166 g/mol. The normalized spacial score (nSPS) is 18.3. The Kier molecular flexibility index (Phi) is 2.31. The number of imide groups is 1. The van der Waals surface area contributed by atoms with Gasteiger partial charge in [0.25, 0.3) is 5.91 Å². The minimum atomic E-state index is -0.431. The summed E-state index contributed by atoms with van der Waals surface area (Å²) in [5.74, 6) is -0.742. The number of thiocarbonyl (C=S) groups is 1. The quantitative estimate of drug-likeness (QED) is 0.434. The van der Waals surface area contributed by atoms with Gasteiger partial charge >= 0.3 is 0 Å². The van der Waals surface area contributed by atoms with E-state index >= 15 is 0 Å². The van der Waals surface area contributed by atoms with E-state index in [1.165, 1.54) is 0 Å². The molecule has 0 saturated carbocycles. The number of likely N-dealkylation sites (tertiary alicyclic amines) is 1. The van der Waals surface area contributed by atoms with E-state index in [-0.39, 0.29) is 30.3 Å². The summed E-state index contributed by atoms with van der Waals surface area (Å²) in [5, 5.41) is 8.46. The largest absolute Gasteiger partial charge is 0.395 e. The van der Waals surface area contributed by atoms with Crippen LogP contribution in [-0.2, 0) is 9.59 Å². The Labute approximate surface area is 68.8 Å². The van der Waals surface area contributed by atoms with Gasteiger partial charge in [0.2, 0.25) is 5.91 Å². The summed E-state index contributed by atoms with van der Waals surface area (Å²) in [6, 6.07) is 0. The highest BCUT2D eigenvalue weighted by Crippen LogP contribution is 2.08. The molecule has 4 nitrogen and oxygen atoms in total. The van der Waals surface area contributed by atoms with Crippen molar-refractivity contribution in [1.29, 1.82) is 0 Å². The summed E-state index contributed by atoms with van der Waals surface area (Å²) in [6.07, 6.45) is 0.0220. The zero-order chi connectivity index (χ0) is 8.43. The number of hydrogen-bond acceptors (Lipinski definition) is 4. The molecule has 1 saturated heterocycles. The number of β-amino-alcohol motifs (C(OH)–C–C–N with tert-alkyl or cyclic N) is 1. The first-order valence-corrected chi connectivity index (χ1v) is 3.56. The minimum Gasteiger partial charge on any atom is -0.395 e. The SMILES string of the molecule is O=C1CC(=S)C(=O)N1CCO. The van der Waals surface area contributed by atoms with Gasteiger partial charge in [0.1, 0.15) is 0 Å². The zero-order valence-electron chi connectivity index (χ0n) is 5.74. The van der Waals surface area contributed by atoms with E-state index in [9.17, 15) is 9.59 Å². The van der Waals surface area contributed by atoms with Gasteiger partial charge in [-0.1, -0.05) is 12.2 Å². The lowest BCUT2D eigenvalue weighted by Gasteiger charge is -2.09. The summed E-state index contributed by atoms with van der Waals surface area (Å²) in [7, 11) is 0. The molecule has 5 heteroatoms. The van der Waals surface area contributed by atoms with E-state index in [0.29, 0.717) is 0 Å². The number of hydrogen-bond donors (Lipinski definition) is 1. The highest BCUT2D eigenvalue weighted by atomic mass is 32.1. The van der Waals surface area contributed by atoms with Crippen LogP contribution in [0.25, 0.3) is 0 Å². The fraction of sp³-hybridized carbons (Fsp3) is 0.500. The van der Waals surface area contributed by atoms with Gasteiger partial charge in [0.15, 0.2) is 0 Å². The molecule has 1 fully saturated rings. The maximum absolute atomic E-state index is 11.0. The molecule has 0 atom stereocenters. The van der Waals surface area contributed by atoms with Gasteiger partial charge in [0, 0.05) is 0 Å². The molecule has 1 aliphatic heterocycles. The van der Waals surface area contributed by atoms with Crippen LogP contribution in [-0.4, -0.2) is 39.8 Å². The van der Waals surface area contributed by atoms with Crippen LogP contribution in [0.4, 0.5) is 0 Å². The second kappa shape index (κ2) is 3.06. The molecule has 60 valence electrons. The average molecular weight is 173 g/mol. The van der Waals surface area contributed by atoms with Crippen LogP contribution >= 0.6 is 12.2 Å². The van der Waals surface area contributed by atoms with Crippen LogP contribution in [0.3, 0.4) is 0 Å². The van der Waals surface area contributed by atoms with Crippen LogP contribution in [0.2, 0.25) is 0 Å². The van der Waals surface area contributed by atoms with Crippen LogP contribution in [0.1, 0.15) is 6.42 Å². The van der Waals surface area contributed by atoms with Crippen LogP contribution in [0.5, 0.6) is 0 Å². The Morgan fingerprint density at radius 1 is 1.55 bits per heavy atom. The first-order valence-electron chi connectivity index (χ1n) is 3.15. The van der Waals surface area contributed by atoms with E-state index < -0.39 is 5.91 Å². The number of amides is 2. The molecule has 0 aromatic rings. The lowest BCUT2D eigenvalue weighted by molar-refractivity contribution is -0.137. The van der Waals surface area contributed by atoms with E-state index in [1.54, 1.807) is 0 Å². The number of nitrogens with zero attached hydrogens (tertiary/aromatic N) is 1. The second-order valence-corrected chi connectivity index (χ2v) is 2.67. The molecular formula is C6H7NO3S. The van der Waals surface area contributed by atoms with Gasteiger partial charge < -0.3 is 5.11 Å². The predicted octanol–water partition coefficient (Wildman–Crippen LogP) is -0.893. The average Bonchev–Trinajstić information content (AvgIpc) is 2.17. The minimum absolute atomic E-state index is 0.0220. The van der Waals surface area contributed by atoms with Crippen molar-refractivity contribution in [2.45, 2.75) is 6.42 Å². The van der Waals surface area contributed by atoms with Crippen molar-refractivity contribution in [3.8, 4) is 0 Å². The molecule has 0 aliphatic carbocycles. The van der Waals surface area contributed by atoms with E-state index in [2.05, 4.69) is 12.2 Å². The van der Waals surface area contributed by atoms with Crippen LogP contribution in [0, 0.1) is 0 Å². The second-order valence-electron chi connectivity index (χ2n) is 2.17. The lowest BCUT2D eigenvalue weighted by Crippen LogP contribution is -2.32. The van der Waals surface area contributed by atoms with Crippen molar-refractivity contribution < 1.29 is 14.7 Å². The van der Waals surface area contributed by atoms with Crippen molar-refractivity contribution in [3.05, 3.63) is 0 Å². The molecule has 1 heterocycles. The molecule has 0 aromatic heterocycles. The van der Waals surface area contributed by atoms with Gasteiger partial charge in [-0.15, -0.1) is 0 Å². The number of carbonyl (C=O) groups is 2. The third-order valence-electron chi connectivity index (χ3n) is 1.42. The third-order valence-corrected chi connectivity index (χ3v) is 1.74. The molecule has 1 aliphatic rings. The van der Waals surface area contributed by atoms with Crippen molar-refractivity contribution >= 4 is 28.9 Å².